The van der Waals surface area contributed by atoms with Crippen LogP contribution in [0.25, 0.3) is 6.08 Å². The van der Waals surface area contributed by atoms with E-state index in [2.05, 4.69) is 25.0 Å². The molecule has 1 aromatic rings. The Morgan fingerprint density at radius 3 is 3.07 bits per heavy atom. The van der Waals surface area contributed by atoms with Crippen LogP contribution in [0.1, 0.15) is 25.8 Å². The molecule has 0 amide bonds. The van der Waals surface area contributed by atoms with Crippen molar-refractivity contribution in [1.82, 2.24) is 9.78 Å². The van der Waals surface area contributed by atoms with Crippen LogP contribution in [-0.2, 0) is 6.54 Å². The molecule has 0 N–H and O–H groups in total. The van der Waals surface area contributed by atoms with Gasteiger partial charge in [-0.15, -0.1) is 0 Å². The standard InChI is InChI=1S/C11H15N3/c1-10(2)8-14-9-11(7-13-14)5-3-4-6-12/h3,5,7,9-10H,4,8H2,1-2H3. The molecule has 0 spiro atoms. The van der Waals surface area contributed by atoms with Gasteiger partial charge in [-0.05, 0) is 5.92 Å². The molecule has 74 valence electrons. The molecule has 3 heteroatoms. The molecule has 1 aromatic heterocycles. The first-order chi connectivity index (χ1) is 6.72. The van der Waals surface area contributed by atoms with Gasteiger partial charge in [0.05, 0.1) is 18.7 Å². The van der Waals surface area contributed by atoms with Crippen molar-refractivity contribution >= 4 is 6.08 Å². The van der Waals surface area contributed by atoms with Crippen molar-refractivity contribution in [2.75, 3.05) is 0 Å². The lowest BCUT2D eigenvalue weighted by Crippen LogP contribution is -2.03. The van der Waals surface area contributed by atoms with E-state index in [-0.39, 0.29) is 0 Å². The fourth-order valence-corrected chi connectivity index (χ4v) is 1.19. The fourth-order valence-electron chi connectivity index (χ4n) is 1.19. The molecular formula is C11H15N3. The van der Waals surface area contributed by atoms with E-state index >= 15 is 0 Å². The summed E-state index contributed by atoms with van der Waals surface area (Å²) in [6.45, 7) is 5.26. The van der Waals surface area contributed by atoms with E-state index in [1.54, 1.807) is 0 Å². The Hall–Kier alpha value is -1.56. The molecule has 0 atom stereocenters. The third-order valence-electron chi connectivity index (χ3n) is 1.72. The van der Waals surface area contributed by atoms with Crippen LogP contribution < -0.4 is 0 Å². The van der Waals surface area contributed by atoms with Crippen LogP contribution in [0.5, 0.6) is 0 Å². The van der Waals surface area contributed by atoms with Crippen molar-refractivity contribution < 1.29 is 0 Å². The minimum absolute atomic E-state index is 0.454. The first kappa shape index (κ1) is 10.5. The summed E-state index contributed by atoms with van der Waals surface area (Å²) in [5.41, 5.74) is 1.06. The average molecular weight is 189 g/mol. The van der Waals surface area contributed by atoms with E-state index in [9.17, 15) is 0 Å². The third kappa shape index (κ3) is 3.44. The maximum absolute atomic E-state index is 8.35. The van der Waals surface area contributed by atoms with Crippen LogP contribution in [0.15, 0.2) is 18.5 Å². The van der Waals surface area contributed by atoms with Gasteiger partial charge >= 0.3 is 0 Å². The summed E-state index contributed by atoms with van der Waals surface area (Å²) in [7, 11) is 0. The fraction of sp³-hybridized carbons (Fsp3) is 0.455. The predicted octanol–water partition coefficient (Wildman–Crippen LogP) is 2.47. The van der Waals surface area contributed by atoms with Crippen LogP contribution in [0.2, 0.25) is 0 Å². The summed E-state index contributed by atoms with van der Waals surface area (Å²) < 4.78 is 1.93. The number of nitriles is 1. The molecule has 0 aliphatic rings. The molecule has 0 radical (unpaired) electrons. The lowest BCUT2D eigenvalue weighted by Gasteiger charge is -2.02. The van der Waals surface area contributed by atoms with Crippen molar-refractivity contribution in [2.24, 2.45) is 5.92 Å². The van der Waals surface area contributed by atoms with E-state index < -0.39 is 0 Å². The maximum atomic E-state index is 8.35. The molecule has 0 unspecified atom stereocenters. The van der Waals surface area contributed by atoms with E-state index in [1.165, 1.54) is 0 Å². The zero-order valence-electron chi connectivity index (χ0n) is 8.64. The van der Waals surface area contributed by atoms with Gasteiger partial charge in [0.15, 0.2) is 0 Å². The Kier molecular flexibility index (Phi) is 3.93. The van der Waals surface area contributed by atoms with Crippen LogP contribution in [0.3, 0.4) is 0 Å². The van der Waals surface area contributed by atoms with Gasteiger partial charge in [0, 0.05) is 18.3 Å². The van der Waals surface area contributed by atoms with Crippen LogP contribution in [-0.4, -0.2) is 9.78 Å². The van der Waals surface area contributed by atoms with Crippen molar-refractivity contribution in [2.45, 2.75) is 26.8 Å². The maximum Gasteiger partial charge on any atom is 0.0663 e. The number of nitrogens with zero attached hydrogens (tertiary/aromatic N) is 3. The summed E-state index contributed by atoms with van der Waals surface area (Å²) in [6, 6.07) is 2.06. The van der Waals surface area contributed by atoms with Crippen molar-refractivity contribution in [1.29, 1.82) is 5.26 Å². The molecule has 3 nitrogen and oxygen atoms in total. The molecule has 0 bridgehead atoms. The van der Waals surface area contributed by atoms with Gasteiger partial charge in [0.2, 0.25) is 0 Å². The second-order valence-corrected chi connectivity index (χ2v) is 3.65. The van der Waals surface area contributed by atoms with Gasteiger partial charge in [-0.3, -0.25) is 4.68 Å². The van der Waals surface area contributed by atoms with E-state index in [0.29, 0.717) is 12.3 Å². The molecular weight excluding hydrogens is 174 g/mol. The van der Waals surface area contributed by atoms with E-state index in [4.69, 9.17) is 5.26 Å². The van der Waals surface area contributed by atoms with Crippen molar-refractivity contribution in [3.05, 3.63) is 24.0 Å². The molecule has 0 saturated heterocycles. The average Bonchev–Trinajstić information content (AvgIpc) is 2.52. The van der Waals surface area contributed by atoms with Gasteiger partial charge in [0.1, 0.15) is 0 Å². The van der Waals surface area contributed by atoms with Gasteiger partial charge in [-0.2, -0.15) is 10.4 Å². The lowest BCUT2D eigenvalue weighted by atomic mass is 10.2. The van der Waals surface area contributed by atoms with Crippen LogP contribution >= 0.6 is 0 Å². The molecule has 0 aliphatic heterocycles. The van der Waals surface area contributed by atoms with Gasteiger partial charge in [-0.25, -0.2) is 0 Å². The summed E-state index contributed by atoms with van der Waals surface area (Å²) >= 11 is 0. The van der Waals surface area contributed by atoms with E-state index in [0.717, 1.165) is 12.1 Å². The minimum atomic E-state index is 0.454. The number of hydrogen-bond donors (Lipinski definition) is 0. The predicted molar refractivity (Wildman–Crippen MR) is 56.3 cm³/mol. The Labute approximate surface area is 84.7 Å². The molecule has 0 saturated carbocycles. The van der Waals surface area contributed by atoms with Gasteiger partial charge in [0.25, 0.3) is 0 Å². The summed E-state index contributed by atoms with van der Waals surface area (Å²) in [5.74, 6) is 0.603. The minimum Gasteiger partial charge on any atom is -0.272 e. The monoisotopic (exact) mass is 189 g/mol. The zero-order valence-corrected chi connectivity index (χ0v) is 8.64. The lowest BCUT2D eigenvalue weighted by molar-refractivity contribution is 0.483. The zero-order chi connectivity index (χ0) is 10.4. The summed E-state index contributed by atoms with van der Waals surface area (Å²) in [6.07, 6.45) is 8.03. The Morgan fingerprint density at radius 1 is 1.64 bits per heavy atom. The third-order valence-corrected chi connectivity index (χ3v) is 1.72. The van der Waals surface area contributed by atoms with Crippen molar-refractivity contribution in [3.8, 4) is 6.07 Å². The number of aromatic nitrogens is 2. The number of hydrogen-bond acceptors (Lipinski definition) is 2. The van der Waals surface area contributed by atoms with Gasteiger partial charge < -0.3 is 0 Å². The Bertz CT molecular complexity index is 342. The second kappa shape index (κ2) is 5.23. The highest BCUT2D eigenvalue weighted by Crippen LogP contribution is 2.04. The summed E-state index contributed by atoms with van der Waals surface area (Å²) in [5, 5.41) is 12.6. The highest BCUT2D eigenvalue weighted by molar-refractivity contribution is 5.46. The number of rotatable bonds is 4. The topological polar surface area (TPSA) is 41.6 Å². The first-order valence-corrected chi connectivity index (χ1v) is 4.78. The van der Waals surface area contributed by atoms with E-state index in [1.807, 2.05) is 29.2 Å². The second-order valence-electron chi connectivity index (χ2n) is 3.65. The molecule has 0 aliphatic carbocycles. The smallest absolute Gasteiger partial charge is 0.0663 e. The van der Waals surface area contributed by atoms with Crippen LogP contribution in [0.4, 0.5) is 0 Å². The molecule has 0 fully saturated rings. The molecule has 1 heterocycles. The Morgan fingerprint density at radius 2 is 2.43 bits per heavy atom. The molecule has 1 rings (SSSR count). The quantitative estimate of drug-likeness (QED) is 0.730. The normalized spacial score (nSPS) is 11.0. The molecule has 0 aromatic carbocycles. The largest absolute Gasteiger partial charge is 0.272 e. The number of allylic oxidation sites excluding steroid dienone is 1. The van der Waals surface area contributed by atoms with Gasteiger partial charge in [-0.1, -0.05) is 26.0 Å². The van der Waals surface area contributed by atoms with Crippen LogP contribution in [0, 0.1) is 17.2 Å². The molecule has 14 heavy (non-hydrogen) atoms. The highest BCUT2D eigenvalue weighted by atomic mass is 15.3. The summed E-state index contributed by atoms with van der Waals surface area (Å²) in [4.78, 5) is 0. The highest BCUT2D eigenvalue weighted by Gasteiger charge is 1.97. The van der Waals surface area contributed by atoms with Crippen molar-refractivity contribution in [3.63, 3.8) is 0 Å². The first-order valence-electron chi connectivity index (χ1n) is 4.78. The SMILES string of the molecule is CC(C)Cn1cc(C=CCC#N)cn1. The Balaban J connectivity index is 2.55.